The fraction of sp³-hybridized carbons (Fsp3) is 0.120. The van der Waals surface area contributed by atoms with Gasteiger partial charge in [-0.1, -0.05) is 48.5 Å². The smallest absolute Gasteiger partial charge is 0.488 e. The molecule has 33 heavy (non-hydrogen) atoms. The molecule has 2 amide bonds. The van der Waals surface area contributed by atoms with Crippen LogP contribution in [-0.2, 0) is 22.7 Å². The van der Waals surface area contributed by atoms with Crippen molar-refractivity contribution in [3.63, 3.8) is 0 Å². The fourth-order valence-corrected chi connectivity index (χ4v) is 3.48. The summed E-state index contributed by atoms with van der Waals surface area (Å²) >= 11 is 0. The van der Waals surface area contributed by atoms with E-state index in [2.05, 4.69) is 0 Å². The number of rotatable bonds is 7. The highest BCUT2D eigenvalue weighted by atomic mass is 19.1. The van der Waals surface area contributed by atoms with E-state index in [1.54, 1.807) is 66.7 Å². The Morgan fingerprint density at radius 2 is 1.55 bits per heavy atom. The molecule has 3 aromatic carbocycles. The summed E-state index contributed by atoms with van der Waals surface area (Å²) in [5.74, 6) is -0.364. The molecule has 0 atom stereocenters. The fourth-order valence-electron chi connectivity index (χ4n) is 3.48. The van der Waals surface area contributed by atoms with Gasteiger partial charge in [-0.3, -0.25) is 14.5 Å². The third-order valence-electron chi connectivity index (χ3n) is 5.32. The lowest BCUT2D eigenvalue weighted by Gasteiger charge is -2.13. The van der Waals surface area contributed by atoms with Crippen LogP contribution in [0.1, 0.15) is 23.1 Å². The maximum absolute atomic E-state index is 13.1. The molecule has 166 valence electrons. The number of hydrogen-bond donors (Lipinski definition) is 2. The molecule has 1 aliphatic heterocycles. The summed E-state index contributed by atoms with van der Waals surface area (Å²) in [4.78, 5) is 26.2. The van der Waals surface area contributed by atoms with Crippen molar-refractivity contribution >= 4 is 30.5 Å². The van der Waals surface area contributed by atoms with Gasteiger partial charge in [0.25, 0.3) is 5.91 Å². The third kappa shape index (κ3) is 5.55. The first-order valence-electron chi connectivity index (χ1n) is 10.4. The zero-order valence-corrected chi connectivity index (χ0v) is 17.6. The maximum Gasteiger partial charge on any atom is 0.488 e. The molecule has 6 nitrogen and oxygen atoms in total. The average Bonchev–Trinajstić information content (AvgIpc) is 3.07. The van der Waals surface area contributed by atoms with Gasteiger partial charge in [-0.15, -0.1) is 0 Å². The Morgan fingerprint density at radius 1 is 0.909 bits per heavy atom. The molecule has 0 spiro atoms. The molecule has 1 aliphatic rings. The number of halogens is 1. The number of ether oxygens (including phenoxy) is 1. The van der Waals surface area contributed by atoms with Gasteiger partial charge in [0.05, 0.1) is 13.0 Å². The number of hydrogen-bond acceptors (Lipinski definition) is 5. The zero-order valence-electron chi connectivity index (χ0n) is 17.6. The summed E-state index contributed by atoms with van der Waals surface area (Å²) < 4.78 is 18.8. The standard InChI is InChI=1S/C25H21BFNO5/c27-22-9-3-18(4-10-22)15-28-24(29)14-20(25(28)30)13-17-5-11-23(12-6-17)33-16-19-1-7-21(8-2-19)26(31)32/h1-13,31-32H,14-16H2/b20-13+. The first-order valence-corrected chi connectivity index (χ1v) is 10.4. The summed E-state index contributed by atoms with van der Waals surface area (Å²) in [6, 6.07) is 19.6. The minimum absolute atomic E-state index is 0.0246. The van der Waals surface area contributed by atoms with Crippen LogP contribution in [-0.4, -0.2) is 33.9 Å². The normalized spacial score (nSPS) is 14.8. The largest absolute Gasteiger partial charge is 0.489 e. The lowest BCUT2D eigenvalue weighted by Crippen LogP contribution is -2.29. The molecule has 3 aromatic rings. The van der Waals surface area contributed by atoms with Gasteiger partial charge in [0, 0.05) is 5.57 Å². The summed E-state index contributed by atoms with van der Waals surface area (Å²) in [7, 11) is -1.50. The number of imide groups is 1. The van der Waals surface area contributed by atoms with Crippen LogP contribution in [0, 0.1) is 5.82 Å². The molecule has 0 unspecified atom stereocenters. The van der Waals surface area contributed by atoms with E-state index in [9.17, 15) is 14.0 Å². The van der Waals surface area contributed by atoms with Gasteiger partial charge in [0.2, 0.25) is 5.91 Å². The molecule has 1 fully saturated rings. The predicted molar refractivity (Wildman–Crippen MR) is 122 cm³/mol. The second-order valence-corrected chi connectivity index (χ2v) is 7.73. The van der Waals surface area contributed by atoms with E-state index in [4.69, 9.17) is 14.8 Å². The molecule has 2 N–H and O–H groups in total. The Balaban J connectivity index is 1.37. The van der Waals surface area contributed by atoms with E-state index in [1.165, 1.54) is 17.0 Å². The Kier molecular flexibility index (Phi) is 6.67. The summed E-state index contributed by atoms with van der Waals surface area (Å²) in [5.41, 5.74) is 3.14. The predicted octanol–water partition coefficient (Wildman–Crippen LogP) is 2.43. The Labute approximate surface area is 190 Å². The highest BCUT2D eigenvalue weighted by Gasteiger charge is 2.33. The monoisotopic (exact) mass is 445 g/mol. The Hall–Kier alpha value is -3.75. The van der Waals surface area contributed by atoms with Gasteiger partial charge in [0.1, 0.15) is 18.2 Å². The van der Waals surface area contributed by atoms with Crippen molar-refractivity contribution in [3.05, 3.63) is 101 Å². The topological polar surface area (TPSA) is 87.1 Å². The third-order valence-corrected chi connectivity index (χ3v) is 5.32. The molecule has 4 rings (SSSR count). The first-order chi connectivity index (χ1) is 15.9. The van der Waals surface area contributed by atoms with Crippen molar-refractivity contribution in [1.29, 1.82) is 0 Å². The molecular formula is C25H21BFNO5. The molecule has 0 bridgehead atoms. The van der Waals surface area contributed by atoms with E-state index in [-0.39, 0.29) is 30.6 Å². The molecule has 1 saturated heterocycles. The van der Waals surface area contributed by atoms with Crippen LogP contribution >= 0.6 is 0 Å². The molecular weight excluding hydrogens is 424 g/mol. The van der Waals surface area contributed by atoms with E-state index < -0.39 is 7.12 Å². The van der Waals surface area contributed by atoms with Crippen molar-refractivity contribution in [1.82, 2.24) is 4.90 Å². The highest BCUT2D eigenvalue weighted by Crippen LogP contribution is 2.24. The van der Waals surface area contributed by atoms with E-state index in [0.29, 0.717) is 29.0 Å². The van der Waals surface area contributed by atoms with Gasteiger partial charge in [-0.05, 0) is 52.5 Å². The lowest BCUT2D eigenvalue weighted by molar-refractivity contribution is -0.138. The van der Waals surface area contributed by atoms with Crippen molar-refractivity contribution in [3.8, 4) is 5.75 Å². The van der Waals surface area contributed by atoms with Crippen LogP contribution in [0.5, 0.6) is 5.75 Å². The molecule has 0 aromatic heterocycles. The summed E-state index contributed by atoms with van der Waals surface area (Å²) in [6.45, 7) is 0.424. The van der Waals surface area contributed by atoms with Crippen molar-refractivity contribution in [2.24, 2.45) is 0 Å². The van der Waals surface area contributed by atoms with Crippen LogP contribution in [0.25, 0.3) is 6.08 Å². The number of likely N-dealkylation sites (tertiary alicyclic amines) is 1. The molecule has 0 radical (unpaired) electrons. The number of carbonyl (C=O) groups is 2. The second kappa shape index (κ2) is 9.81. The highest BCUT2D eigenvalue weighted by molar-refractivity contribution is 6.58. The number of benzene rings is 3. The van der Waals surface area contributed by atoms with E-state index in [0.717, 1.165) is 11.1 Å². The van der Waals surface area contributed by atoms with Crippen LogP contribution < -0.4 is 10.2 Å². The minimum Gasteiger partial charge on any atom is -0.489 e. The van der Waals surface area contributed by atoms with Crippen LogP contribution in [0.2, 0.25) is 0 Å². The first kappa shape index (κ1) is 22.4. The molecule has 1 heterocycles. The van der Waals surface area contributed by atoms with Gasteiger partial charge in [-0.25, -0.2) is 4.39 Å². The maximum atomic E-state index is 13.1. The van der Waals surface area contributed by atoms with Crippen molar-refractivity contribution in [2.45, 2.75) is 19.6 Å². The quantitative estimate of drug-likeness (QED) is 0.332. The zero-order chi connectivity index (χ0) is 23.4. The lowest BCUT2D eigenvalue weighted by atomic mass is 9.80. The number of carbonyl (C=O) groups excluding carboxylic acids is 2. The minimum atomic E-state index is -1.50. The van der Waals surface area contributed by atoms with E-state index in [1.807, 2.05) is 0 Å². The van der Waals surface area contributed by atoms with Crippen LogP contribution in [0.15, 0.2) is 78.4 Å². The van der Waals surface area contributed by atoms with E-state index >= 15 is 0 Å². The van der Waals surface area contributed by atoms with Crippen molar-refractivity contribution in [2.75, 3.05) is 0 Å². The average molecular weight is 445 g/mol. The van der Waals surface area contributed by atoms with Gasteiger partial charge in [0.15, 0.2) is 0 Å². The SMILES string of the molecule is O=C1C/C(=C\c2ccc(OCc3ccc(B(O)O)cc3)cc2)C(=O)N1Cc1ccc(F)cc1. The number of nitrogens with zero attached hydrogens (tertiary/aromatic N) is 1. The van der Waals surface area contributed by atoms with Crippen LogP contribution in [0.4, 0.5) is 4.39 Å². The molecule has 0 saturated carbocycles. The summed E-state index contributed by atoms with van der Waals surface area (Å²) in [6.07, 6.45) is 1.71. The number of amides is 2. The molecule has 8 heteroatoms. The second-order valence-electron chi connectivity index (χ2n) is 7.73. The molecule has 0 aliphatic carbocycles. The Bertz CT molecular complexity index is 1170. The Morgan fingerprint density at radius 3 is 2.18 bits per heavy atom. The summed E-state index contributed by atoms with van der Waals surface area (Å²) in [5, 5.41) is 18.3. The van der Waals surface area contributed by atoms with Gasteiger partial charge < -0.3 is 14.8 Å². The van der Waals surface area contributed by atoms with Gasteiger partial charge >= 0.3 is 7.12 Å². The van der Waals surface area contributed by atoms with Crippen LogP contribution in [0.3, 0.4) is 0 Å². The van der Waals surface area contributed by atoms with Crippen molar-refractivity contribution < 1.29 is 28.8 Å². The van der Waals surface area contributed by atoms with Gasteiger partial charge in [-0.2, -0.15) is 0 Å².